The van der Waals surface area contributed by atoms with Crippen LogP contribution in [-0.4, -0.2) is 45.4 Å². The average molecular weight is 478 g/mol. The van der Waals surface area contributed by atoms with Crippen LogP contribution in [-0.2, 0) is 10.0 Å². The van der Waals surface area contributed by atoms with Crippen LogP contribution < -0.4 is 9.62 Å². The first kappa shape index (κ1) is 23.8. The largest absolute Gasteiger partial charge is 0.368 e. The molecule has 0 aliphatic carbocycles. The van der Waals surface area contributed by atoms with Gasteiger partial charge >= 0.3 is 0 Å². The number of rotatable bonds is 5. The molecule has 178 valence electrons. The predicted octanol–water partition coefficient (Wildman–Crippen LogP) is 4.68. The van der Waals surface area contributed by atoms with Crippen molar-refractivity contribution in [1.82, 2.24) is 4.90 Å². The molecule has 0 saturated carbocycles. The van der Waals surface area contributed by atoms with Crippen molar-refractivity contribution in [3.8, 4) is 0 Å². The monoisotopic (exact) mass is 477 g/mol. The van der Waals surface area contributed by atoms with Crippen molar-refractivity contribution in [1.29, 1.82) is 0 Å². The molecule has 1 heterocycles. The number of anilines is 2. The number of para-hydroxylation sites is 1. The summed E-state index contributed by atoms with van der Waals surface area (Å²) in [5, 5.41) is 0. The lowest BCUT2D eigenvalue weighted by Crippen LogP contribution is -2.49. The van der Waals surface area contributed by atoms with E-state index in [-0.39, 0.29) is 10.8 Å². The molecule has 6 nitrogen and oxygen atoms in total. The van der Waals surface area contributed by atoms with E-state index < -0.39 is 10.0 Å². The normalized spacial score (nSPS) is 14.2. The van der Waals surface area contributed by atoms with Gasteiger partial charge in [-0.05, 0) is 74.2 Å². The van der Waals surface area contributed by atoms with Crippen LogP contribution in [0.4, 0.5) is 11.4 Å². The smallest absolute Gasteiger partial charge is 0.261 e. The SMILES string of the molecule is Cc1ccccc1NS(=O)(=O)c1ccc(C)c(C(=O)N2CCN(c3cccc(C)c3C)CC2)c1. The highest BCUT2D eigenvalue weighted by Crippen LogP contribution is 2.26. The van der Waals surface area contributed by atoms with Gasteiger partial charge in [0.1, 0.15) is 0 Å². The van der Waals surface area contributed by atoms with Gasteiger partial charge in [0.25, 0.3) is 15.9 Å². The zero-order valence-electron chi connectivity index (χ0n) is 20.1. The number of nitrogens with one attached hydrogen (secondary N) is 1. The number of piperazine rings is 1. The molecule has 0 spiro atoms. The second-order valence-corrected chi connectivity index (χ2v) is 10.6. The second kappa shape index (κ2) is 9.50. The number of carbonyl (C=O) groups excluding carboxylic acids is 1. The number of hydrogen-bond donors (Lipinski definition) is 1. The van der Waals surface area contributed by atoms with Gasteiger partial charge in [-0.3, -0.25) is 9.52 Å². The standard InChI is InChI=1S/C27H31N3O3S/c1-19-9-7-11-26(22(19)4)29-14-16-30(17-15-29)27(31)24-18-23(13-12-20(24)2)34(32,33)28-25-10-6-5-8-21(25)3/h5-13,18,28H,14-17H2,1-4H3. The Morgan fingerprint density at radius 1 is 0.794 bits per heavy atom. The summed E-state index contributed by atoms with van der Waals surface area (Å²) in [4.78, 5) is 17.6. The maximum atomic E-state index is 13.4. The first-order valence-electron chi connectivity index (χ1n) is 11.5. The van der Waals surface area contributed by atoms with Crippen molar-refractivity contribution in [2.45, 2.75) is 32.6 Å². The minimum Gasteiger partial charge on any atom is -0.368 e. The van der Waals surface area contributed by atoms with Crippen LogP contribution in [0.2, 0.25) is 0 Å². The van der Waals surface area contributed by atoms with Crippen molar-refractivity contribution in [3.63, 3.8) is 0 Å². The topological polar surface area (TPSA) is 69.7 Å². The van der Waals surface area contributed by atoms with E-state index in [0.29, 0.717) is 24.3 Å². The van der Waals surface area contributed by atoms with E-state index in [0.717, 1.165) is 24.2 Å². The molecular formula is C27H31N3O3S. The van der Waals surface area contributed by atoms with Crippen molar-refractivity contribution in [2.24, 2.45) is 0 Å². The summed E-state index contributed by atoms with van der Waals surface area (Å²) < 4.78 is 28.7. The van der Waals surface area contributed by atoms with Gasteiger partial charge in [0, 0.05) is 37.4 Å². The number of sulfonamides is 1. The first-order chi connectivity index (χ1) is 16.2. The summed E-state index contributed by atoms with van der Waals surface area (Å²) >= 11 is 0. The van der Waals surface area contributed by atoms with Crippen LogP contribution in [0.3, 0.4) is 0 Å². The molecule has 1 saturated heterocycles. The third-order valence-corrected chi connectivity index (χ3v) is 7.99. The molecule has 0 radical (unpaired) electrons. The highest BCUT2D eigenvalue weighted by Gasteiger charge is 2.26. The quantitative estimate of drug-likeness (QED) is 0.579. The van der Waals surface area contributed by atoms with Gasteiger partial charge in [-0.15, -0.1) is 0 Å². The molecule has 34 heavy (non-hydrogen) atoms. The number of carbonyl (C=O) groups is 1. The summed E-state index contributed by atoms with van der Waals surface area (Å²) in [6.45, 7) is 10.6. The molecular weight excluding hydrogens is 446 g/mol. The van der Waals surface area contributed by atoms with Crippen LogP contribution in [0.25, 0.3) is 0 Å². The summed E-state index contributed by atoms with van der Waals surface area (Å²) in [5.74, 6) is -0.133. The average Bonchev–Trinajstić information content (AvgIpc) is 2.82. The van der Waals surface area contributed by atoms with Crippen LogP contribution >= 0.6 is 0 Å². The Hall–Kier alpha value is -3.32. The van der Waals surface area contributed by atoms with Gasteiger partial charge < -0.3 is 9.80 Å². The van der Waals surface area contributed by atoms with Gasteiger partial charge in [-0.2, -0.15) is 0 Å². The molecule has 1 aliphatic rings. The molecule has 7 heteroatoms. The van der Waals surface area contributed by atoms with E-state index >= 15 is 0 Å². The third-order valence-electron chi connectivity index (χ3n) is 6.62. The lowest BCUT2D eigenvalue weighted by atomic mass is 10.1. The van der Waals surface area contributed by atoms with Crippen molar-refractivity contribution >= 4 is 27.3 Å². The van der Waals surface area contributed by atoms with Crippen LogP contribution in [0.1, 0.15) is 32.6 Å². The van der Waals surface area contributed by atoms with Crippen molar-refractivity contribution < 1.29 is 13.2 Å². The Kier molecular flexibility index (Phi) is 6.66. The highest BCUT2D eigenvalue weighted by atomic mass is 32.2. The van der Waals surface area contributed by atoms with Crippen LogP contribution in [0.5, 0.6) is 0 Å². The molecule has 0 unspecified atom stereocenters. The Labute approximate surface area is 202 Å². The summed E-state index contributed by atoms with van der Waals surface area (Å²) in [5.41, 5.74) is 6.26. The van der Waals surface area contributed by atoms with Gasteiger partial charge in [0.2, 0.25) is 0 Å². The zero-order valence-corrected chi connectivity index (χ0v) is 20.9. The molecule has 1 fully saturated rings. The lowest BCUT2D eigenvalue weighted by Gasteiger charge is -2.37. The first-order valence-corrected chi connectivity index (χ1v) is 13.0. The fourth-order valence-electron chi connectivity index (χ4n) is 4.29. The van der Waals surface area contributed by atoms with E-state index in [9.17, 15) is 13.2 Å². The molecule has 0 aromatic heterocycles. The van der Waals surface area contributed by atoms with E-state index in [4.69, 9.17) is 0 Å². The van der Waals surface area contributed by atoms with Crippen molar-refractivity contribution in [3.05, 3.63) is 88.5 Å². The van der Waals surface area contributed by atoms with Crippen molar-refractivity contribution in [2.75, 3.05) is 35.8 Å². The second-order valence-electron chi connectivity index (χ2n) is 8.90. The molecule has 0 bridgehead atoms. The van der Waals surface area contributed by atoms with E-state index in [1.807, 2.05) is 30.9 Å². The molecule has 0 atom stereocenters. The fourth-order valence-corrected chi connectivity index (χ4v) is 5.45. The molecule has 3 aromatic carbocycles. The number of hydrogen-bond acceptors (Lipinski definition) is 4. The van der Waals surface area contributed by atoms with Gasteiger partial charge in [0.15, 0.2) is 0 Å². The van der Waals surface area contributed by atoms with Gasteiger partial charge in [0.05, 0.1) is 10.6 Å². The summed E-state index contributed by atoms with van der Waals surface area (Å²) in [7, 11) is -3.82. The Balaban J connectivity index is 1.51. The Morgan fingerprint density at radius 2 is 1.47 bits per heavy atom. The number of nitrogens with zero attached hydrogens (tertiary/aromatic N) is 2. The third kappa shape index (κ3) is 4.80. The van der Waals surface area contributed by atoms with E-state index in [2.05, 4.69) is 41.7 Å². The minimum atomic E-state index is -3.82. The zero-order chi connectivity index (χ0) is 24.5. The summed E-state index contributed by atoms with van der Waals surface area (Å²) in [6.07, 6.45) is 0. The number of aryl methyl sites for hydroxylation is 3. The Bertz CT molecular complexity index is 1330. The minimum absolute atomic E-state index is 0.0822. The fraction of sp³-hybridized carbons (Fsp3) is 0.296. The van der Waals surface area contributed by atoms with Crippen LogP contribution in [0, 0.1) is 27.7 Å². The summed E-state index contributed by atoms with van der Waals surface area (Å²) in [6, 6.07) is 18.3. The molecule has 1 amide bonds. The van der Waals surface area contributed by atoms with E-state index in [1.165, 1.54) is 22.9 Å². The highest BCUT2D eigenvalue weighted by molar-refractivity contribution is 7.92. The van der Waals surface area contributed by atoms with Crippen LogP contribution in [0.15, 0.2) is 65.6 Å². The number of benzene rings is 3. The Morgan fingerprint density at radius 3 is 2.18 bits per heavy atom. The van der Waals surface area contributed by atoms with E-state index in [1.54, 1.807) is 24.3 Å². The lowest BCUT2D eigenvalue weighted by molar-refractivity contribution is 0.0745. The maximum Gasteiger partial charge on any atom is 0.261 e. The molecule has 1 N–H and O–H groups in total. The van der Waals surface area contributed by atoms with Gasteiger partial charge in [-0.25, -0.2) is 8.42 Å². The molecule has 3 aromatic rings. The van der Waals surface area contributed by atoms with Gasteiger partial charge in [-0.1, -0.05) is 36.4 Å². The maximum absolute atomic E-state index is 13.4. The molecule has 4 rings (SSSR count). The predicted molar refractivity (Wildman–Crippen MR) is 137 cm³/mol. The molecule has 1 aliphatic heterocycles. The number of amides is 1.